The summed E-state index contributed by atoms with van der Waals surface area (Å²) in [5, 5.41) is 9.58. The Morgan fingerprint density at radius 2 is 1.89 bits per heavy atom. The van der Waals surface area contributed by atoms with Gasteiger partial charge in [0, 0.05) is 0 Å². The number of hydrogen-bond donors (Lipinski definition) is 1. The van der Waals surface area contributed by atoms with Crippen LogP contribution in [0, 0.1) is 47.3 Å². The number of rotatable bonds is 5. The minimum Gasteiger partial charge on any atom is -0.481 e. The molecule has 146 valence electrons. The molecule has 0 aromatic heterocycles. The standard InChI is InChI=1S/C24H26O4/c25-24(26)18-6-5-14-11-19-15(16-7-8-17(18)22(14)23(16)19)3-1-2-13-4-9-20-21(10-13)28-12-27-20/h4-10,14-19,22-23H,1-3,11-12H2,(H,25,26)/t14-,15-,16-,17+,18-,19+,22-,23-/m1/s1. The lowest BCUT2D eigenvalue weighted by Gasteiger charge is -2.54. The van der Waals surface area contributed by atoms with Crippen LogP contribution < -0.4 is 9.47 Å². The molecule has 2 fully saturated rings. The highest BCUT2D eigenvalue weighted by molar-refractivity contribution is 5.73. The fraction of sp³-hybridized carbons (Fsp3) is 0.542. The summed E-state index contributed by atoms with van der Waals surface area (Å²) in [4.78, 5) is 11.6. The Kier molecular flexibility index (Phi) is 3.66. The number of aliphatic carboxylic acids is 1. The van der Waals surface area contributed by atoms with Gasteiger partial charge in [0.25, 0.3) is 0 Å². The molecule has 1 aromatic carbocycles. The Morgan fingerprint density at radius 1 is 1.04 bits per heavy atom. The van der Waals surface area contributed by atoms with E-state index in [1.165, 1.54) is 24.8 Å². The molecule has 28 heavy (non-hydrogen) atoms. The zero-order chi connectivity index (χ0) is 18.8. The Morgan fingerprint density at radius 3 is 2.79 bits per heavy atom. The van der Waals surface area contributed by atoms with Gasteiger partial charge < -0.3 is 14.6 Å². The molecule has 5 aliphatic rings. The zero-order valence-corrected chi connectivity index (χ0v) is 15.9. The lowest BCUT2D eigenvalue weighted by molar-refractivity contribution is -0.143. The molecule has 4 aliphatic carbocycles. The van der Waals surface area contributed by atoms with E-state index in [4.69, 9.17) is 9.47 Å². The fourth-order valence-corrected chi connectivity index (χ4v) is 7.07. The monoisotopic (exact) mass is 378 g/mol. The number of hydrogen-bond acceptors (Lipinski definition) is 3. The average molecular weight is 378 g/mol. The first-order valence-corrected chi connectivity index (χ1v) is 10.7. The van der Waals surface area contributed by atoms with Gasteiger partial charge in [-0.25, -0.2) is 0 Å². The van der Waals surface area contributed by atoms with E-state index in [-0.39, 0.29) is 11.8 Å². The fourth-order valence-electron chi connectivity index (χ4n) is 7.07. The molecule has 0 radical (unpaired) electrons. The number of fused-ring (bicyclic) bond motifs is 1. The summed E-state index contributed by atoms with van der Waals surface area (Å²) in [5.41, 5.74) is 1.33. The lowest BCUT2D eigenvalue weighted by atomic mass is 9.50. The molecular formula is C24H26O4. The number of ether oxygens (including phenoxy) is 2. The van der Waals surface area contributed by atoms with Crippen LogP contribution in [0.5, 0.6) is 11.5 Å². The Bertz CT molecular complexity index is 871. The first kappa shape index (κ1) is 16.7. The van der Waals surface area contributed by atoms with Crippen LogP contribution in [-0.4, -0.2) is 17.9 Å². The summed E-state index contributed by atoms with van der Waals surface area (Å²) in [6.45, 7) is 0.332. The normalized spacial score (nSPS) is 40.9. The van der Waals surface area contributed by atoms with Crippen LogP contribution in [0.15, 0.2) is 42.5 Å². The molecule has 1 N–H and O–H groups in total. The third-order valence-corrected chi connectivity index (χ3v) is 8.17. The van der Waals surface area contributed by atoms with Crippen molar-refractivity contribution in [3.63, 3.8) is 0 Å². The molecule has 1 heterocycles. The molecule has 1 aliphatic heterocycles. The van der Waals surface area contributed by atoms with Crippen LogP contribution >= 0.6 is 0 Å². The summed E-state index contributed by atoms with van der Waals surface area (Å²) < 4.78 is 10.9. The Balaban J connectivity index is 1.13. The maximum atomic E-state index is 11.6. The minimum absolute atomic E-state index is 0.216. The second kappa shape index (κ2) is 6.13. The van der Waals surface area contributed by atoms with Crippen LogP contribution in [0.1, 0.15) is 24.8 Å². The smallest absolute Gasteiger partial charge is 0.310 e. The summed E-state index contributed by atoms with van der Waals surface area (Å²) in [5.74, 6) is 5.10. The lowest BCUT2D eigenvalue weighted by Crippen LogP contribution is -2.50. The second-order valence-electron chi connectivity index (χ2n) is 9.25. The Labute approximate surface area is 165 Å². The van der Waals surface area contributed by atoms with Crippen LogP contribution in [0.3, 0.4) is 0 Å². The molecule has 6 rings (SSSR count). The van der Waals surface area contributed by atoms with Gasteiger partial charge in [-0.3, -0.25) is 4.79 Å². The molecule has 0 amide bonds. The molecule has 0 spiro atoms. The van der Waals surface area contributed by atoms with Crippen molar-refractivity contribution in [1.29, 1.82) is 0 Å². The Hall–Kier alpha value is -2.23. The van der Waals surface area contributed by atoms with Gasteiger partial charge in [-0.15, -0.1) is 0 Å². The van der Waals surface area contributed by atoms with Crippen molar-refractivity contribution in [3.05, 3.63) is 48.1 Å². The number of carboxylic acids is 1. The number of aryl methyl sites for hydroxylation is 1. The van der Waals surface area contributed by atoms with Crippen molar-refractivity contribution in [1.82, 2.24) is 0 Å². The van der Waals surface area contributed by atoms with Gasteiger partial charge in [-0.2, -0.15) is 0 Å². The number of benzene rings is 1. The average Bonchev–Trinajstić information content (AvgIpc) is 3.29. The quantitative estimate of drug-likeness (QED) is 0.776. The van der Waals surface area contributed by atoms with Crippen molar-refractivity contribution in [2.75, 3.05) is 6.79 Å². The van der Waals surface area contributed by atoms with Crippen molar-refractivity contribution in [2.24, 2.45) is 47.3 Å². The van der Waals surface area contributed by atoms with Gasteiger partial charge >= 0.3 is 5.97 Å². The predicted octanol–water partition coefficient (Wildman–Crippen LogP) is 4.31. The van der Waals surface area contributed by atoms with Crippen molar-refractivity contribution in [2.45, 2.75) is 25.7 Å². The highest BCUT2D eigenvalue weighted by atomic mass is 16.7. The summed E-state index contributed by atoms with van der Waals surface area (Å²) in [7, 11) is 0. The molecule has 8 atom stereocenters. The van der Waals surface area contributed by atoms with Crippen LogP contribution in [-0.2, 0) is 11.2 Å². The zero-order valence-electron chi connectivity index (χ0n) is 15.9. The summed E-state index contributed by atoms with van der Waals surface area (Å²) in [6, 6.07) is 6.30. The molecule has 0 bridgehead atoms. The summed E-state index contributed by atoms with van der Waals surface area (Å²) >= 11 is 0. The second-order valence-corrected chi connectivity index (χ2v) is 9.25. The van der Waals surface area contributed by atoms with E-state index < -0.39 is 5.97 Å². The maximum absolute atomic E-state index is 11.6. The highest BCUT2D eigenvalue weighted by Gasteiger charge is 2.62. The largest absolute Gasteiger partial charge is 0.481 e. The SMILES string of the molecule is O=C(O)[C@@H]1C=C[C@@H]2C[C@H]3[C@H](CCCc4ccc5c(c4)OCO5)[C@H]4C=C[C@@H]1[C@@H]2[C@H]43. The van der Waals surface area contributed by atoms with E-state index in [2.05, 4.69) is 30.4 Å². The van der Waals surface area contributed by atoms with Crippen LogP contribution in [0.2, 0.25) is 0 Å². The van der Waals surface area contributed by atoms with Gasteiger partial charge in [-0.1, -0.05) is 30.4 Å². The molecule has 4 nitrogen and oxygen atoms in total. The van der Waals surface area contributed by atoms with Gasteiger partial charge in [0.05, 0.1) is 5.92 Å². The number of carboxylic acid groups (broad SMARTS) is 1. The first-order chi connectivity index (χ1) is 13.7. The van der Waals surface area contributed by atoms with Gasteiger partial charge in [0.15, 0.2) is 11.5 Å². The molecule has 4 heteroatoms. The number of allylic oxidation sites excluding steroid dienone is 3. The topological polar surface area (TPSA) is 55.8 Å². The maximum Gasteiger partial charge on any atom is 0.310 e. The molecule has 2 saturated carbocycles. The van der Waals surface area contributed by atoms with E-state index in [9.17, 15) is 9.90 Å². The van der Waals surface area contributed by atoms with E-state index in [0.717, 1.165) is 35.7 Å². The third-order valence-electron chi connectivity index (χ3n) is 8.17. The predicted molar refractivity (Wildman–Crippen MR) is 104 cm³/mol. The van der Waals surface area contributed by atoms with Crippen LogP contribution in [0.25, 0.3) is 0 Å². The van der Waals surface area contributed by atoms with E-state index in [1.807, 2.05) is 12.1 Å². The number of carbonyl (C=O) groups is 1. The first-order valence-electron chi connectivity index (χ1n) is 10.7. The van der Waals surface area contributed by atoms with Crippen molar-refractivity contribution >= 4 is 5.97 Å². The summed E-state index contributed by atoms with van der Waals surface area (Å²) in [6.07, 6.45) is 13.7. The van der Waals surface area contributed by atoms with Gasteiger partial charge in [-0.05, 0) is 84.8 Å². The van der Waals surface area contributed by atoms with Gasteiger partial charge in [0.2, 0.25) is 6.79 Å². The molecule has 0 unspecified atom stereocenters. The van der Waals surface area contributed by atoms with E-state index >= 15 is 0 Å². The van der Waals surface area contributed by atoms with Crippen molar-refractivity contribution < 1.29 is 19.4 Å². The van der Waals surface area contributed by atoms with E-state index in [1.54, 1.807) is 0 Å². The molecule has 0 saturated heterocycles. The minimum atomic E-state index is -0.661. The van der Waals surface area contributed by atoms with Crippen LogP contribution in [0.4, 0.5) is 0 Å². The third kappa shape index (κ3) is 2.33. The van der Waals surface area contributed by atoms with E-state index in [0.29, 0.717) is 24.5 Å². The molecule has 1 aromatic rings. The van der Waals surface area contributed by atoms with Crippen molar-refractivity contribution in [3.8, 4) is 11.5 Å². The molecular weight excluding hydrogens is 352 g/mol. The van der Waals surface area contributed by atoms with Gasteiger partial charge in [0.1, 0.15) is 0 Å². The highest BCUT2D eigenvalue weighted by Crippen LogP contribution is 2.67.